The number of quaternary nitrogens is 2. The summed E-state index contributed by atoms with van der Waals surface area (Å²) in [6.07, 6.45) is 0.338. The highest BCUT2D eigenvalue weighted by Crippen LogP contribution is 2.18. The Bertz CT molecular complexity index is 731. The van der Waals surface area contributed by atoms with Gasteiger partial charge in [0.1, 0.15) is 32.2 Å². The van der Waals surface area contributed by atoms with Crippen LogP contribution < -0.4 is 15.1 Å². The smallest absolute Gasteiger partial charge is 0.285 e. The number of carbonyl (C=O) groups excluding carboxylic acids is 2. The van der Waals surface area contributed by atoms with Gasteiger partial charge in [0, 0.05) is 11.1 Å². The molecule has 26 heavy (non-hydrogen) atoms. The quantitative estimate of drug-likeness (QED) is 0.618. The summed E-state index contributed by atoms with van der Waals surface area (Å²) >= 11 is 0. The van der Waals surface area contributed by atoms with Crippen LogP contribution >= 0.6 is 0 Å². The van der Waals surface area contributed by atoms with Gasteiger partial charge in [-0.3, -0.25) is 14.9 Å². The molecule has 4 rings (SSSR count). The van der Waals surface area contributed by atoms with E-state index in [0.29, 0.717) is 12.5 Å². The highest BCUT2D eigenvalue weighted by Gasteiger charge is 2.42. The molecule has 0 unspecified atom stereocenters. The second kappa shape index (κ2) is 7.40. The molecule has 5 nitrogen and oxygen atoms in total. The topological polar surface area (TPSA) is 55.1 Å². The number of nitrogens with one attached hydrogen (secondary N) is 3. The van der Waals surface area contributed by atoms with E-state index in [1.54, 1.807) is 0 Å². The summed E-state index contributed by atoms with van der Waals surface area (Å²) in [6, 6.07) is 21.4. The Morgan fingerprint density at radius 3 is 1.81 bits per heavy atom. The van der Waals surface area contributed by atoms with Gasteiger partial charge >= 0.3 is 0 Å². The summed E-state index contributed by atoms with van der Waals surface area (Å²) in [6.45, 7) is 3.80. The molecule has 0 radical (unpaired) electrons. The van der Waals surface area contributed by atoms with E-state index in [-0.39, 0.29) is 17.9 Å². The summed E-state index contributed by atoms with van der Waals surface area (Å²) in [7, 11) is 0. The van der Waals surface area contributed by atoms with Gasteiger partial charge in [-0.1, -0.05) is 60.7 Å². The lowest BCUT2D eigenvalue weighted by Crippen LogP contribution is -3.30. The number of benzene rings is 2. The van der Waals surface area contributed by atoms with E-state index < -0.39 is 0 Å². The standard InChI is InChI=1S/C21H23N3O2/c25-19-15-18(21(26)22-19)23-11-13-24(14-12-23)20(16-7-3-1-4-8-16)17-9-5-2-6-10-17/h1-10,18,20H,11-15H2,(H,22,25,26)/p+2/t18-/m0/s1. The molecule has 2 heterocycles. The van der Waals surface area contributed by atoms with Gasteiger partial charge in [-0.05, 0) is 0 Å². The normalized spacial score (nSPS) is 26.1. The maximum Gasteiger partial charge on any atom is 0.285 e. The number of imide groups is 1. The van der Waals surface area contributed by atoms with Crippen LogP contribution in [0.3, 0.4) is 0 Å². The molecule has 2 fully saturated rings. The SMILES string of the molecule is O=C1C[C@H]([NH+]2CC[NH+](C(c3ccccc3)c3ccccc3)CC2)C(=O)N1. The van der Waals surface area contributed by atoms with Crippen molar-refractivity contribution in [2.45, 2.75) is 18.5 Å². The van der Waals surface area contributed by atoms with Crippen molar-refractivity contribution in [1.29, 1.82) is 0 Å². The van der Waals surface area contributed by atoms with Gasteiger partial charge in [0.2, 0.25) is 5.91 Å². The zero-order chi connectivity index (χ0) is 17.9. The molecule has 2 saturated heterocycles. The second-order valence-corrected chi connectivity index (χ2v) is 7.24. The predicted octanol–water partition coefficient (Wildman–Crippen LogP) is -1.03. The van der Waals surface area contributed by atoms with Crippen molar-refractivity contribution in [3.05, 3.63) is 71.8 Å². The van der Waals surface area contributed by atoms with Crippen LogP contribution in [0.15, 0.2) is 60.7 Å². The van der Waals surface area contributed by atoms with E-state index in [1.165, 1.54) is 20.9 Å². The fourth-order valence-electron chi connectivity index (χ4n) is 4.37. The van der Waals surface area contributed by atoms with Crippen molar-refractivity contribution >= 4 is 11.8 Å². The summed E-state index contributed by atoms with van der Waals surface area (Å²) in [5, 5.41) is 2.44. The minimum absolute atomic E-state index is 0.101. The van der Waals surface area contributed by atoms with Gasteiger partial charge in [-0.15, -0.1) is 0 Å². The van der Waals surface area contributed by atoms with E-state index in [1.807, 2.05) is 0 Å². The third kappa shape index (κ3) is 3.41. The summed E-state index contributed by atoms with van der Waals surface area (Å²) < 4.78 is 0. The molecule has 2 aromatic rings. The first-order valence-corrected chi connectivity index (χ1v) is 9.35. The lowest BCUT2D eigenvalue weighted by Gasteiger charge is -2.36. The van der Waals surface area contributed by atoms with Crippen LogP contribution in [0.4, 0.5) is 0 Å². The van der Waals surface area contributed by atoms with Gasteiger partial charge in [-0.2, -0.15) is 0 Å². The molecule has 5 heteroatoms. The molecule has 2 amide bonds. The third-order valence-electron chi connectivity index (χ3n) is 5.67. The summed E-state index contributed by atoms with van der Waals surface area (Å²) in [4.78, 5) is 26.3. The van der Waals surface area contributed by atoms with Gasteiger partial charge in [0.25, 0.3) is 5.91 Å². The maximum absolute atomic E-state index is 12.0. The highest BCUT2D eigenvalue weighted by molar-refractivity contribution is 6.04. The molecule has 0 bridgehead atoms. The molecule has 0 aromatic heterocycles. The summed E-state index contributed by atoms with van der Waals surface area (Å²) in [5.74, 6) is -0.232. The number of hydrogen-bond donors (Lipinski definition) is 3. The molecule has 1 atom stereocenters. The molecule has 2 aliphatic heterocycles. The molecule has 0 spiro atoms. The van der Waals surface area contributed by atoms with Gasteiger partial charge in [0.05, 0.1) is 6.42 Å². The van der Waals surface area contributed by atoms with Crippen LogP contribution in [0, 0.1) is 0 Å². The van der Waals surface area contributed by atoms with E-state index in [0.717, 1.165) is 26.2 Å². The zero-order valence-corrected chi connectivity index (χ0v) is 14.8. The molecule has 2 aliphatic rings. The third-order valence-corrected chi connectivity index (χ3v) is 5.67. The van der Waals surface area contributed by atoms with Gasteiger partial charge in [-0.25, -0.2) is 0 Å². The van der Waals surface area contributed by atoms with Gasteiger partial charge in [0.15, 0.2) is 6.04 Å². The molecule has 0 aliphatic carbocycles. The Balaban J connectivity index is 1.52. The average Bonchev–Trinajstić information content (AvgIpc) is 3.02. The molecule has 0 saturated carbocycles. The number of hydrogen-bond acceptors (Lipinski definition) is 2. The van der Waals surface area contributed by atoms with E-state index in [2.05, 4.69) is 66.0 Å². The molecule has 3 N–H and O–H groups in total. The number of rotatable bonds is 4. The molecule has 134 valence electrons. The Hall–Kier alpha value is -2.50. The Morgan fingerprint density at radius 2 is 1.35 bits per heavy atom. The Kier molecular flexibility index (Phi) is 4.82. The first kappa shape index (κ1) is 16.9. The van der Waals surface area contributed by atoms with E-state index >= 15 is 0 Å². The van der Waals surface area contributed by atoms with Crippen LogP contribution in [0.5, 0.6) is 0 Å². The largest absolute Gasteiger partial charge is 0.316 e. The number of piperazine rings is 1. The maximum atomic E-state index is 12.0. The van der Waals surface area contributed by atoms with Gasteiger partial charge < -0.3 is 9.80 Å². The summed E-state index contributed by atoms with van der Waals surface area (Å²) in [5.41, 5.74) is 2.65. The van der Waals surface area contributed by atoms with Crippen LogP contribution in [-0.2, 0) is 9.59 Å². The monoisotopic (exact) mass is 351 g/mol. The van der Waals surface area contributed by atoms with Crippen LogP contribution in [0.2, 0.25) is 0 Å². The number of amides is 2. The fourth-order valence-corrected chi connectivity index (χ4v) is 4.37. The molecule has 2 aromatic carbocycles. The van der Waals surface area contributed by atoms with E-state index in [9.17, 15) is 9.59 Å². The van der Waals surface area contributed by atoms with Crippen molar-refractivity contribution in [3.63, 3.8) is 0 Å². The minimum Gasteiger partial charge on any atom is -0.316 e. The first-order valence-electron chi connectivity index (χ1n) is 9.35. The fraction of sp³-hybridized carbons (Fsp3) is 0.333. The van der Waals surface area contributed by atoms with Crippen molar-refractivity contribution < 1.29 is 19.4 Å². The highest BCUT2D eigenvalue weighted by atomic mass is 16.2. The lowest BCUT2D eigenvalue weighted by atomic mass is 9.96. The number of carbonyl (C=O) groups is 2. The van der Waals surface area contributed by atoms with Crippen LogP contribution in [-0.4, -0.2) is 44.0 Å². The average molecular weight is 351 g/mol. The molecular formula is C21H25N3O2+2. The first-order chi connectivity index (χ1) is 12.7. The van der Waals surface area contributed by atoms with Crippen molar-refractivity contribution in [3.8, 4) is 0 Å². The minimum atomic E-state index is -0.198. The van der Waals surface area contributed by atoms with Crippen molar-refractivity contribution in [2.24, 2.45) is 0 Å². The Labute approximate surface area is 153 Å². The zero-order valence-electron chi connectivity index (χ0n) is 14.8. The van der Waals surface area contributed by atoms with Crippen molar-refractivity contribution in [2.75, 3.05) is 26.2 Å². The molecular weight excluding hydrogens is 326 g/mol. The van der Waals surface area contributed by atoms with Crippen LogP contribution in [0.1, 0.15) is 23.6 Å². The van der Waals surface area contributed by atoms with Crippen LogP contribution in [0.25, 0.3) is 0 Å². The predicted molar refractivity (Wildman–Crippen MR) is 97.7 cm³/mol. The van der Waals surface area contributed by atoms with E-state index in [4.69, 9.17) is 0 Å². The van der Waals surface area contributed by atoms with Crippen molar-refractivity contribution in [1.82, 2.24) is 5.32 Å². The second-order valence-electron chi connectivity index (χ2n) is 7.24. The Morgan fingerprint density at radius 1 is 0.808 bits per heavy atom. The lowest BCUT2D eigenvalue weighted by molar-refractivity contribution is -1.03.